The maximum Gasteiger partial charge on any atom is 0.226 e. The van der Waals surface area contributed by atoms with Gasteiger partial charge in [-0.15, -0.1) is 11.8 Å². The minimum Gasteiger partial charge on any atom is -0.497 e. The van der Waals surface area contributed by atoms with E-state index >= 15 is 0 Å². The minimum absolute atomic E-state index is 0.00542. The standard InChI is InChI=1S/C20H22N2O2S2/c1-13(2)14-4-9-17-18(12-14)26-20(21-17)22-19(23)10-11-25-16-7-5-15(24-3)6-8-16/h4-9,12-13H,10-11H2,1-3H3,(H,21,22,23). The molecule has 136 valence electrons. The SMILES string of the molecule is COc1ccc(SCCC(=O)Nc2nc3ccc(C(C)C)cc3s2)cc1. The number of carbonyl (C=O) groups excluding carboxylic acids is 1. The van der Waals surface area contributed by atoms with E-state index in [9.17, 15) is 4.79 Å². The summed E-state index contributed by atoms with van der Waals surface area (Å²) in [6.45, 7) is 4.34. The van der Waals surface area contributed by atoms with Crippen LogP contribution in [-0.2, 0) is 4.79 Å². The Morgan fingerprint density at radius 3 is 2.69 bits per heavy atom. The van der Waals surface area contributed by atoms with Gasteiger partial charge in [0.05, 0.1) is 17.3 Å². The van der Waals surface area contributed by atoms with Crippen LogP contribution in [0.5, 0.6) is 5.75 Å². The van der Waals surface area contributed by atoms with Crippen LogP contribution < -0.4 is 10.1 Å². The molecule has 26 heavy (non-hydrogen) atoms. The van der Waals surface area contributed by atoms with Gasteiger partial charge in [-0.25, -0.2) is 4.98 Å². The highest BCUT2D eigenvalue weighted by Crippen LogP contribution is 2.29. The number of hydrogen-bond acceptors (Lipinski definition) is 5. The highest BCUT2D eigenvalue weighted by Gasteiger charge is 2.09. The molecule has 0 aliphatic carbocycles. The Bertz CT molecular complexity index is 888. The van der Waals surface area contributed by atoms with E-state index in [0.717, 1.165) is 26.6 Å². The van der Waals surface area contributed by atoms with E-state index in [1.54, 1.807) is 18.9 Å². The number of carbonyl (C=O) groups is 1. The van der Waals surface area contributed by atoms with Crippen molar-refractivity contribution in [2.45, 2.75) is 31.1 Å². The minimum atomic E-state index is -0.00542. The van der Waals surface area contributed by atoms with Crippen LogP contribution in [0.25, 0.3) is 10.2 Å². The molecule has 1 heterocycles. The van der Waals surface area contributed by atoms with Crippen LogP contribution in [-0.4, -0.2) is 23.8 Å². The maximum absolute atomic E-state index is 12.2. The van der Waals surface area contributed by atoms with Crippen molar-refractivity contribution in [3.8, 4) is 5.75 Å². The molecule has 0 fully saturated rings. The Hall–Kier alpha value is -2.05. The van der Waals surface area contributed by atoms with Gasteiger partial charge in [0.1, 0.15) is 5.75 Å². The molecule has 0 aliphatic rings. The number of hydrogen-bond donors (Lipinski definition) is 1. The number of rotatable bonds is 7. The number of methoxy groups -OCH3 is 1. The van der Waals surface area contributed by atoms with Crippen molar-refractivity contribution in [1.82, 2.24) is 4.98 Å². The summed E-state index contributed by atoms with van der Waals surface area (Å²) < 4.78 is 6.25. The topological polar surface area (TPSA) is 51.2 Å². The largest absolute Gasteiger partial charge is 0.497 e. The van der Waals surface area contributed by atoms with Gasteiger partial charge in [-0.05, 0) is 47.9 Å². The molecule has 1 amide bonds. The summed E-state index contributed by atoms with van der Waals surface area (Å²) in [5.74, 6) is 2.04. The number of thioether (sulfide) groups is 1. The van der Waals surface area contributed by atoms with Crippen LogP contribution >= 0.6 is 23.1 Å². The highest BCUT2D eigenvalue weighted by molar-refractivity contribution is 7.99. The van der Waals surface area contributed by atoms with Gasteiger partial charge in [0.2, 0.25) is 5.91 Å². The first-order valence-electron chi connectivity index (χ1n) is 8.52. The van der Waals surface area contributed by atoms with Gasteiger partial charge in [-0.3, -0.25) is 4.79 Å². The van der Waals surface area contributed by atoms with E-state index < -0.39 is 0 Å². The number of nitrogens with zero attached hydrogens (tertiary/aromatic N) is 1. The van der Waals surface area contributed by atoms with Crippen molar-refractivity contribution >= 4 is 44.4 Å². The lowest BCUT2D eigenvalue weighted by molar-refractivity contribution is -0.115. The third-order valence-electron chi connectivity index (χ3n) is 3.98. The van der Waals surface area contributed by atoms with Crippen molar-refractivity contribution in [3.63, 3.8) is 0 Å². The summed E-state index contributed by atoms with van der Waals surface area (Å²) >= 11 is 3.18. The zero-order valence-electron chi connectivity index (χ0n) is 15.1. The fourth-order valence-corrected chi connectivity index (χ4v) is 4.25. The Morgan fingerprint density at radius 2 is 2.00 bits per heavy atom. The first kappa shape index (κ1) is 18.7. The van der Waals surface area contributed by atoms with E-state index in [2.05, 4.69) is 36.3 Å². The predicted octanol–water partition coefficient (Wildman–Crippen LogP) is 5.55. The molecule has 0 saturated carbocycles. The second-order valence-corrected chi connectivity index (χ2v) is 8.42. The van der Waals surface area contributed by atoms with Gasteiger partial charge in [0.15, 0.2) is 5.13 Å². The molecular formula is C20H22N2O2S2. The monoisotopic (exact) mass is 386 g/mol. The molecule has 6 heteroatoms. The number of thiazole rings is 1. The third kappa shape index (κ3) is 4.77. The van der Waals surface area contributed by atoms with Gasteiger partial charge in [-0.2, -0.15) is 0 Å². The van der Waals surface area contributed by atoms with Gasteiger partial charge >= 0.3 is 0 Å². The smallest absolute Gasteiger partial charge is 0.226 e. The summed E-state index contributed by atoms with van der Waals surface area (Å²) in [5.41, 5.74) is 2.22. The molecule has 0 bridgehead atoms. The van der Waals surface area contributed by atoms with Crippen molar-refractivity contribution in [3.05, 3.63) is 48.0 Å². The lowest BCUT2D eigenvalue weighted by Crippen LogP contribution is -2.11. The van der Waals surface area contributed by atoms with E-state index in [1.165, 1.54) is 16.9 Å². The van der Waals surface area contributed by atoms with Gasteiger partial charge in [-0.1, -0.05) is 31.3 Å². The summed E-state index contributed by atoms with van der Waals surface area (Å²) in [5, 5.41) is 3.59. The maximum atomic E-state index is 12.2. The van der Waals surface area contributed by atoms with Crippen molar-refractivity contribution < 1.29 is 9.53 Å². The van der Waals surface area contributed by atoms with E-state index in [4.69, 9.17) is 4.74 Å². The van der Waals surface area contributed by atoms with Gasteiger partial charge in [0.25, 0.3) is 0 Å². The van der Waals surface area contributed by atoms with Crippen LogP contribution in [0.4, 0.5) is 5.13 Å². The molecule has 4 nitrogen and oxygen atoms in total. The molecule has 0 saturated heterocycles. The Labute approximate surface area is 162 Å². The summed E-state index contributed by atoms with van der Waals surface area (Å²) in [7, 11) is 1.65. The van der Waals surface area contributed by atoms with Gasteiger partial charge < -0.3 is 10.1 Å². The molecule has 3 rings (SSSR count). The van der Waals surface area contributed by atoms with Crippen molar-refractivity contribution in [1.29, 1.82) is 0 Å². The summed E-state index contributed by atoms with van der Waals surface area (Å²) in [6, 6.07) is 14.1. The fraction of sp³-hybridized carbons (Fsp3) is 0.300. The number of anilines is 1. The Balaban J connectivity index is 1.53. The molecule has 2 aromatic carbocycles. The lowest BCUT2D eigenvalue weighted by Gasteiger charge is -2.04. The van der Waals surface area contributed by atoms with Gasteiger partial charge in [0, 0.05) is 17.1 Å². The van der Waals surface area contributed by atoms with Crippen LogP contribution in [0, 0.1) is 0 Å². The zero-order valence-corrected chi connectivity index (χ0v) is 16.7. The quantitative estimate of drug-likeness (QED) is 0.541. The van der Waals surface area contributed by atoms with Crippen LogP contribution in [0.15, 0.2) is 47.4 Å². The molecule has 3 aromatic rings. The second kappa shape index (κ2) is 8.56. The number of nitrogens with one attached hydrogen (secondary N) is 1. The van der Waals surface area contributed by atoms with Crippen LogP contribution in [0.2, 0.25) is 0 Å². The Kier molecular flexibility index (Phi) is 6.16. The molecule has 0 aliphatic heterocycles. The summed E-state index contributed by atoms with van der Waals surface area (Å²) in [6.07, 6.45) is 0.448. The molecule has 0 unspecified atom stereocenters. The average Bonchev–Trinajstić information content (AvgIpc) is 3.03. The fourth-order valence-electron chi connectivity index (χ4n) is 2.47. The third-order valence-corrected chi connectivity index (χ3v) is 5.93. The summed E-state index contributed by atoms with van der Waals surface area (Å²) in [4.78, 5) is 17.8. The Morgan fingerprint density at radius 1 is 1.23 bits per heavy atom. The number of ether oxygens (including phenoxy) is 1. The highest BCUT2D eigenvalue weighted by atomic mass is 32.2. The predicted molar refractivity (Wildman–Crippen MR) is 111 cm³/mol. The number of benzene rings is 2. The molecule has 1 aromatic heterocycles. The molecule has 0 spiro atoms. The first-order chi connectivity index (χ1) is 12.5. The molecule has 0 atom stereocenters. The number of fused-ring (bicyclic) bond motifs is 1. The van der Waals surface area contributed by atoms with Crippen LogP contribution in [0.3, 0.4) is 0 Å². The van der Waals surface area contributed by atoms with E-state index in [1.807, 2.05) is 30.3 Å². The normalized spacial score (nSPS) is 11.1. The number of aromatic nitrogens is 1. The number of amides is 1. The second-order valence-electron chi connectivity index (χ2n) is 6.22. The lowest BCUT2D eigenvalue weighted by atomic mass is 10.0. The van der Waals surface area contributed by atoms with E-state index in [-0.39, 0.29) is 5.91 Å². The zero-order chi connectivity index (χ0) is 18.5. The van der Waals surface area contributed by atoms with Crippen LogP contribution in [0.1, 0.15) is 31.7 Å². The van der Waals surface area contributed by atoms with E-state index in [0.29, 0.717) is 17.5 Å². The molecule has 1 N–H and O–H groups in total. The molecule has 0 radical (unpaired) electrons. The van der Waals surface area contributed by atoms with Crippen molar-refractivity contribution in [2.24, 2.45) is 0 Å². The first-order valence-corrected chi connectivity index (χ1v) is 10.3. The average molecular weight is 387 g/mol. The molecular weight excluding hydrogens is 364 g/mol. The van der Waals surface area contributed by atoms with Crippen molar-refractivity contribution in [2.75, 3.05) is 18.2 Å².